The minimum Gasteiger partial charge on any atom is -0.398 e. The van der Waals surface area contributed by atoms with Crippen LogP contribution in [0.4, 0.5) is 5.69 Å². The lowest BCUT2D eigenvalue weighted by Crippen LogP contribution is -2.34. The fraction of sp³-hybridized carbons (Fsp3) is 0.400. The number of anilines is 1. The minimum absolute atomic E-state index is 0.0340. The Morgan fingerprint density at radius 3 is 2.41 bits per heavy atom. The number of hydrogen-bond acceptors (Lipinski definition) is 3. The van der Waals surface area contributed by atoms with E-state index in [0.717, 1.165) is 12.8 Å². The SMILES string of the molecule is CC1(NS(=O)(=O)c2c(N)cc(Cl)cc2Cl)CC1. The zero-order valence-electron chi connectivity index (χ0n) is 9.13. The van der Waals surface area contributed by atoms with E-state index in [0.29, 0.717) is 5.02 Å². The second-order valence-corrected chi connectivity index (χ2v) is 6.94. The Labute approximate surface area is 110 Å². The van der Waals surface area contributed by atoms with Crippen LogP contribution in [0.15, 0.2) is 17.0 Å². The predicted molar refractivity (Wildman–Crippen MR) is 68.8 cm³/mol. The van der Waals surface area contributed by atoms with Gasteiger partial charge in [0.25, 0.3) is 0 Å². The quantitative estimate of drug-likeness (QED) is 0.841. The molecule has 2 rings (SSSR count). The molecule has 0 atom stereocenters. The highest BCUT2D eigenvalue weighted by Crippen LogP contribution is 2.38. The van der Waals surface area contributed by atoms with E-state index in [1.54, 1.807) is 0 Å². The third kappa shape index (κ3) is 2.68. The van der Waals surface area contributed by atoms with Gasteiger partial charge in [0.15, 0.2) is 0 Å². The maximum Gasteiger partial charge on any atom is 0.244 e. The zero-order chi connectivity index (χ0) is 12.8. The van der Waals surface area contributed by atoms with Gasteiger partial charge in [0, 0.05) is 10.6 Å². The Bertz CT molecular complexity index is 545. The topological polar surface area (TPSA) is 72.2 Å². The van der Waals surface area contributed by atoms with Crippen molar-refractivity contribution in [2.24, 2.45) is 0 Å². The molecule has 0 amide bonds. The lowest BCUT2D eigenvalue weighted by atomic mass is 10.3. The van der Waals surface area contributed by atoms with Crippen LogP contribution in [0, 0.1) is 0 Å². The monoisotopic (exact) mass is 294 g/mol. The molecule has 94 valence electrons. The molecule has 1 aliphatic carbocycles. The summed E-state index contributed by atoms with van der Waals surface area (Å²) < 4.78 is 26.8. The van der Waals surface area contributed by atoms with E-state index in [1.165, 1.54) is 12.1 Å². The summed E-state index contributed by atoms with van der Waals surface area (Å²) in [5.41, 5.74) is 5.35. The molecule has 4 nitrogen and oxygen atoms in total. The molecule has 7 heteroatoms. The predicted octanol–water partition coefficient (Wildman–Crippen LogP) is 2.41. The Kier molecular flexibility index (Phi) is 3.06. The lowest BCUT2D eigenvalue weighted by Gasteiger charge is -2.15. The first kappa shape index (κ1) is 13.0. The molecule has 0 radical (unpaired) electrons. The highest BCUT2D eigenvalue weighted by molar-refractivity contribution is 7.89. The molecule has 0 saturated heterocycles. The molecule has 0 aromatic heterocycles. The van der Waals surface area contributed by atoms with Gasteiger partial charge >= 0.3 is 0 Å². The van der Waals surface area contributed by atoms with Crippen molar-refractivity contribution in [2.45, 2.75) is 30.2 Å². The van der Waals surface area contributed by atoms with Gasteiger partial charge in [-0.15, -0.1) is 0 Å². The van der Waals surface area contributed by atoms with Crippen LogP contribution in [0.1, 0.15) is 19.8 Å². The number of nitrogens with one attached hydrogen (secondary N) is 1. The smallest absolute Gasteiger partial charge is 0.244 e. The second-order valence-electron chi connectivity index (χ2n) is 4.47. The van der Waals surface area contributed by atoms with Crippen LogP contribution in [0.5, 0.6) is 0 Å². The lowest BCUT2D eigenvalue weighted by molar-refractivity contribution is 0.558. The van der Waals surface area contributed by atoms with Crippen LogP contribution >= 0.6 is 23.2 Å². The van der Waals surface area contributed by atoms with Crippen LogP contribution in [-0.2, 0) is 10.0 Å². The first-order chi connectivity index (χ1) is 7.73. The average Bonchev–Trinajstić information content (AvgIpc) is 2.78. The summed E-state index contributed by atoms with van der Waals surface area (Å²) in [6.07, 6.45) is 1.63. The van der Waals surface area contributed by atoms with Gasteiger partial charge in [0.1, 0.15) is 4.90 Å². The van der Waals surface area contributed by atoms with E-state index in [1.807, 2.05) is 6.92 Å². The average molecular weight is 295 g/mol. The van der Waals surface area contributed by atoms with Crippen LogP contribution in [-0.4, -0.2) is 14.0 Å². The molecule has 17 heavy (non-hydrogen) atoms. The standard InChI is InChI=1S/C10H12Cl2N2O2S/c1-10(2-3-10)14-17(15,16)9-7(12)4-6(11)5-8(9)13/h4-5,14H,2-3,13H2,1H3. The van der Waals surface area contributed by atoms with Gasteiger partial charge in [0.2, 0.25) is 10.0 Å². The van der Waals surface area contributed by atoms with Crippen molar-refractivity contribution in [1.29, 1.82) is 0 Å². The highest BCUT2D eigenvalue weighted by Gasteiger charge is 2.42. The molecule has 1 aromatic carbocycles. The van der Waals surface area contributed by atoms with Crippen molar-refractivity contribution in [3.05, 3.63) is 22.2 Å². The third-order valence-electron chi connectivity index (χ3n) is 2.69. The Hall–Kier alpha value is -0.490. The van der Waals surface area contributed by atoms with Crippen molar-refractivity contribution in [1.82, 2.24) is 4.72 Å². The summed E-state index contributed by atoms with van der Waals surface area (Å²) in [5, 5.41) is 0.343. The van der Waals surface area contributed by atoms with E-state index < -0.39 is 10.0 Å². The normalized spacial score (nSPS) is 18.1. The van der Waals surface area contributed by atoms with E-state index in [2.05, 4.69) is 4.72 Å². The van der Waals surface area contributed by atoms with Crippen molar-refractivity contribution < 1.29 is 8.42 Å². The summed E-state index contributed by atoms with van der Waals surface area (Å²) in [6, 6.07) is 2.74. The fourth-order valence-corrected chi connectivity index (χ4v) is 3.98. The first-order valence-electron chi connectivity index (χ1n) is 5.02. The summed E-state index contributed by atoms with van der Waals surface area (Å²) in [5.74, 6) is 0. The van der Waals surface area contributed by atoms with Crippen LogP contribution in [0.3, 0.4) is 0 Å². The largest absolute Gasteiger partial charge is 0.398 e. The summed E-state index contributed by atoms with van der Waals surface area (Å²) in [6.45, 7) is 1.84. The number of halogens is 2. The maximum atomic E-state index is 12.1. The number of sulfonamides is 1. The summed E-state index contributed by atoms with van der Waals surface area (Å²) >= 11 is 11.6. The molecule has 1 saturated carbocycles. The molecule has 0 unspecified atom stereocenters. The first-order valence-corrected chi connectivity index (χ1v) is 7.26. The van der Waals surface area contributed by atoms with Crippen LogP contribution < -0.4 is 10.5 Å². The summed E-state index contributed by atoms with van der Waals surface area (Å²) in [7, 11) is -3.70. The van der Waals surface area contributed by atoms with E-state index in [9.17, 15) is 8.42 Å². The molecule has 0 bridgehead atoms. The van der Waals surface area contributed by atoms with Gasteiger partial charge in [0.05, 0.1) is 10.7 Å². The maximum absolute atomic E-state index is 12.1. The number of hydrogen-bond donors (Lipinski definition) is 2. The molecular weight excluding hydrogens is 283 g/mol. The van der Waals surface area contributed by atoms with Crippen LogP contribution in [0.2, 0.25) is 10.0 Å². The van der Waals surface area contributed by atoms with Crippen molar-refractivity contribution in [3.8, 4) is 0 Å². The fourth-order valence-electron chi connectivity index (χ4n) is 1.53. The molecule has 0 heterocycles. The number of benzene rings is 1. The van der Waals surface area contributed by atoms with Crippen LogP contribution in [0.25, 0.3) is 0 Å². The Morgan fingerprint density at radius 2 is 1.94 bits per heavy atom. The molecule has 0 aliphatic heterocycles. The van der Waals surface area contributed by atoms with Crippen molar-refractivity contribution in [3.63, 3.8) is 0 Å². The van der Waals surface area contributed by atoms with Gasteiger partial charge in [-0.3, -0.25) is 0 Å². The second kappa shape index (κ2) is 4.02. The summed E-state index contributed by atoms with van der Waals surface area (Å²) in [4.78, 5) is -0.100. The molecular formula is C10H12Cl2N2O2S. The zero-order valence-corrected chi connectivity index (χ0v) is 11.5. The number of nitrogens with two attached hydrogens (primary N) is 1. The van der Waals surface area contributed by atoms with Crippen molar-refractivity contribution in [2.75, 3.05) is 5.73 Å². The molecule has 1 fully saturated rings. The highest BCUT2D eigenvalue weighted by atomic mass is 35.5. The number of rotatable bonds is 3. The third-order valence-corrected chi connectivity index (χ3v) is 5.07. The van der Waals surface area contributed by atoms with E-state index in [4.69, 9.17) is 28.9 Å². The Balaban J connectivity index is 2.46. The Morgan fingerprint density at radius 1 is 1.35 bits per heavy atom. The molecule has 3 N–H and O–H groups in total. The van der Waals surface area contributed by atoms with Gasteiger partial charge in [-0.25, -0.2) is 13.1 Å². The number of nitrogen functional groups attached to an aromatic ring is 1. The van der Waals surface area contributed by atoms with Gasteiger partial charge < -0.3 is 5.73 Å². The molecule has 1 aromatic rings. The van der Waals surface area contributed by atoms with Gasteiger partial charge in [-0.1, -0.05) is 23.2 Å². The molecule has 0 spiro atoms. The van der Waals surface area contributed by atoms with Crippen molar-refractivity contribution >= 4 is 38.9 Å². The van der Waals surface area contributed by atoms with E-state index in [-0.39, 0.29) is 21.1 Å². The van der Waals surface area contributed by atoms with E-state index >= 15 is 0 Å². The minimum atomic E-state index is -3.70. The van der Waals surface area contributed by atoms with Gasteiger partial charge in [-0.05, 0) is 31.9 Å². The van der Waals surface area contributed by atoms with Gasteiger partial charge in [-0.2, -0.15) is 0 Å². The molecule has 1 aliphatic rings.